The summed E-state index contributed by atoms with van der Waals surface area (Å²) in [6, 6.07) is 9.69. The summed E-state index contributed by atoms with van der Waals surface area (Å²) in [6.07, 6.45) is 0. The summed E-state index contributed by atoms with van der Waals surface area (Å²) >= 11 is 0. The summed E-state index contributed by atoms with van der Waals surface area (Å²) in [5.41, 5.74) is 2.94. The van der Waals surface area contributed by atoms with Gasteiger partial charge in [-0.05, 0) is 32.0 Å². The molecule has 2 rings (SSSR count). The van der Waals surface area contributed by atoms with Crippen LogP contribution in [-0.2, 0) is 6.54 Å². The zero-order valence-corrected chi connectivity index (χ0v) is 11.3. The Morgan fingerprint density at radius 1 is 1.20 bits per heavy atom. The summed E-state index contributed by atoms with van der Waals surface area (Å²) in [4.78, 5) is 10.3. The van der Waals surface area contributed by atoms with Crippen LogP contribution in [0.25, 0.3) is 0 Å². The number of hydrogen-bond donors (Lipinski definition) is 1. The first-order chi connectivity index (χ1) is 9.47. The predicted molar refractivity (Wildman–Crippen MR) is 76.3 cm³/mol. The van der Waals surface area contributed by atoms with Gasteiger partial charge in [0.05, 0.1) is 4.92 Å². The summed E-state index contributed by atoms with van der Waals surface area (Å²) in [5.74, 6) is -0.262. The second-order valence-electron chi connectivity index (χ2n) is 4.71. The average molecular weight is 274 g/mol. The van der Waals surface area contributed by atoms with Gasteiger partial charge in [0, 0.05) is 29.4 Å². The van der Waals surface area contributed by atoms with Crippen LogP contribution < -0.4 is 5.32 Å². The molecule has 4 nitrogen and oxygen atoms in total. The SMILES string of the molecule is Cc1ccc(F)c(CNc2ccc([N+](=O)[O-])c(C)c2)c1. The molecule has 0 radical (unpaired) electrons. The molecule has 2 aromatic carbocycles. The molecule has 0 saturated heterocycles. The quantitative estimate of drug-likeness (QED) is 0.678. The van der Waals surface area contributed by atoms with Gasteiger partial charge in [-0.2, -0.15) is 0 Å². The van der Waals surface area contributed by atoms with Crippen molar-refractivity contribution < 1.29 is 9.31 Å². The lowest BCUT2D eigenvalue weighted by molar-refractivity contribution is -0.385. The van der Waals surface area contributed by atoms with E-state index in [2.05, 4.69) is 5.32 Å². The third kappa shape index (κ3) is 3.12. The number of nitrogens with zero attached hydrogens (tertiary/aromatic N) is 1. The lowest BCUT2D eigenvalue weighted by atomic mass is 10.1. The van der Waals surface area contributed by atoms with Crippen LogP contribution in [0.2, 0.25) is 0 Å². The molecule has 0 aromatic heterocycles. The van der Waals surface area contributed by atoms with Crippen LogP contribution in [0.5, 0.6) is 0 Å². The Kier molecular flexibility index (Phi) is 3.98. The maximum Gasteiger partial charge on any atom is 0.272 e. The smallest absolute Gasteiger partial charge is 0.272 e. The number of nitrogens with one attached hydrogen (secondary N) is 1. The highest BCUT2D eigenvalue weighted by molar-refractivity contribution is 5.53. The lowest BCUT2D eigenvalue weighted by Crippen LogP contribution is -2.03. The molecule has 5 heteroatoms. The van der Waals surface area contributed by atoms with Crippen LogP contribution in [0.1, 0.15) is 16.7 Å². The van der Waals surface area contributed by atoms with Crippen molar-refractivity contribution in [3.05, 3.63) is 69.0 Å². The van der Waals surface area contributed by atoms with Crippen LogP contribution in [-0.4, -0.2) is 4.92 Å². The molecule has 0 unspecified atom stereocenters. The topological polar surface area (TPSA) is 55.2 Å². The van der Waals surface area contributed by atoms with E-state index in [4.69, 9.17) is 0 Å². The molecule has 0 fully saturated rings. The van der Waals surface area contributed by atoms with Crippen LogP contribution in [0, 0.1) is 29.8 Å². The highest BCUT2D eigenvalue weighted by Gasteiger charge is 2.10. The number of benzene rings is 2. The highest BCUT2D eigenvalue weighted by atomic mass is 19.1. The summed E-state index contributed by atoms with van der Waals surface area (Å²) in [5, 5.41) is 13.8. The zero-order chi connectivity index (χ0) is 14.7. The number of nitro groups is 1. The van der Waals surface area contributed by atoms with Crippen molar-refractivity contribution in [2.24, 2.45) is 0 Å². The van der Waals surface area contributed by atoms with Gasteiger partial charge in [0.15, 0.2) is 0 Å². The molecule has 0 spiro atoms. The molecule has 0 heterocycles. The first kappa shape index (κ1) is 14.0. The third-order valence-corrected chi connectivity index (χ3v) is 3.08. The zero-order valence-electron chi connectivity index (χ0n) is 11.3. The van der Waals surface area contributed by atoms with Gasteiger partial charge in [-0.1, -0.05) is 17.7 Å². The number of anilines is 1. The minimum absolute atomic E-state index is 0.0808. The molecule has 0 saturated carbocycles. The molecule has 0 aliphatic heterocycles. The van der Waals surface area contributed by atoms with E-state index in [-0.39, 0.29) is 11.5 Å². The molecule has 0 amide bonds. The molecule has 2 aromatic rings. The molecular formula is C15H15FN2O2. The van der Waals surface area contributed by atoms with E-state index in [1.165, 1.54) is 12.1 Å². The third-order valence-electron chi connectivity index (χ3n) is 3.08. The summed E-state index contributed by atoms with van der Waals surface area (Å²) < 4.78 is 13.6. The van der Waals surface area contributed by atoms with E-state index >= 15 is 0 Å². The first-order valence-corrected chi connectivity index (χ1v) is 6.21. The molecule has 0 aliphatic carbocycles. The maximum atomic E-state index is 13.6. The largest absolute Gasteiger partial charge is 0.381 e. The van der Waals surface area contributed by atoms with Gasteiger partial charge in [-0.3, -0.25) is 10.1 Å². The monoisotopic (exact) mass is 274 g/mol. The van der Waals surface area contributed by atoms with Crippen molar-refractivity contribution in [1.29, 1.82) is 0 Å². The van der Waals surface area contributed by atoms with Crippen LogP contribution >= 0.6 is 0 Å². The molecule has 0 bridgehead atoms. The standard InChI is InChI=1S/C15H15FN2O2/c1-10-3-5-14(16)12(7-10)9-17-13-4-6-15(18(19)20)11(2)8-13/h3-8,17H,9H2,1-2H3. The van der Waals surface area contributed by atoms with Crippen molar-refractivity contribution in [2.45, 2.75) is 20.4 Å². The second-order valence-corrected chi connectivity index (χ2v) is 4.71. The summed E-state index contributed by atoms with van der Waals surface area (Å²) in [6.45, 7) is 3.92. The van der Waals surface area contributed by atoms with E-state index in [1.807, 2.05) is 6.92 Å². The fraction of sp³-hybridized carbons (Fsp3) is 0.200. The van der Waals surface area contributed by atoms with Gasteiger partial charge in [0.25, 0.3) is 5.69 Å². The average Bonchev–Trinajstić information content (AvgIpc) is 2.39. The van der Waals surface area contributed by atoms with Crippen LogP contribution in [0.3, 0.4) is 0 Å². The van der Waals surface area contributed by atoms with E-state index in [0.29, 0.717) is 17.7 Å². The van der Waals surface area contributed by atoms with Crippen molar-refractivity contribution in [3.8, 4) is 0 Å². The van der Waals surface area contributed by atoms with E-state index < -0.39 is 4.92 Å². The Labute approximate surface area is 116 Å². The van der Waals surface area contributed by atoms with Gasteiger partial charge in [-0.15, -0.1) is 0 Å². The highest BCUT2D eigenvalue weighted by Crippen LogP contribution is 2.22. The molecule has 104 valence electrons. The summed E-state index contributed by atoms with van der Waals surface area (Å²) in [7, 11) is 0. The molecule has 20 heavy (non-hydrogen) atoms. The maximum absolute atomic E-state index is 13.6. The van der Waals surface area contributed by atoms with E-state index in [9.17, 15) is 14.5 Å². The lowest BCUT2D eigenvalue weighted by Gasteiger charge is -2.09. The number of halogens is 1. The fourth-order valence-electron chi connectivity index (χ4n) is 2.01. The normalized spacial score (nSPS) is 10.3. The Morgan fingerprint density at radius 2 is 1.95 bits per heavy atom. The predicted octanol–water partition coefficient (Wildman–Crippen LogP) is 3.96. The van der Waals surface area contributed by atoms with Crippen molar-refractivity contribution >= 4 is 11.4 Å². The first-order valence-electron chi connectivity index (χ1n) is 6.21. The molecule has 0 aliphatic rings. The number of nitro benzene ring substituents is 1. The van der Waals surface area contributed by atoms with Crippen molar-refractivity contribution in [1.82, 2.24) is 0 Å². The van der Waals surface area contributed by atoms with Gasteiger partial charge < -0.3 is 5.32 Å². The number of hydrogen-bond acceptors (Lipinski definition) is 3. The van der Waals surface area contributed by atoms with Crippen LogP contribution in [0.4, 0.5) is 15.8 Å². The number of rotatable bonds is 4. The minimum atomic E-state index is -0.417. The number of aryl methyl sites for hydroxylation is 2. The Balaban J connectivity index is 2.13. The Hall–Kier alpha value is -2.43. The minimum Gasteiger partial charge on any atom is -0.381 e. The van der Waals surface area contributed by atoms with E-state index in [0.717, 1.165) is 11.3 Å². The molecule has 1 N–H and O–H groups in total. The van der Waals surface area contributed by atoms with Gasteiger partial charge >= 0.3 is 0 Å². The van der Waals surface area contributed by atoms with Crippen molar-refractivity contribution in [3.63, 3.8) is 0 Å². The molecule has 0 atom stereocenters. The van der Waals surface area contributed by atoms with Gasteiger partial charge in [0.2, 0.25) is 0 Å². The van der Waals surface area contributed by atoms with E-state index in [1.54, 1.807) is 31.2 Å². The Morgan fingerprint density at radius 3 is 2.60 bits per heavy atom. The van der Waals surface area contributed by atoms with Crippen molar-refractivity contribution in [2.75, 3.05) is 5.32 Å². The Bertz CT molecular complexity index is 656. The van der Waals surface area contributed by atoms with Crippen LogP contribution in [0.15, 0.2) is 36.4 Å². The van der Waals surface area contributed by atoms with Gasteiger partial charge in [0.1, 0.15) is 5.82 Å². The fourth-order valence-corrected chi connectivity index (χ4v) is 2.01. The van der Waals surface area contributed by atoms with Gasteiger partial charge in [-0.25, -0.2) is 4.39 Å². The second kappa shape index (κ2) is 5.69. The molecular weight excluding hydrogens is 259 g/mol.